The second kappa shape index (κ2) is 10.3. The highest BCUT2D eigenvalue weighted by Gasteiger charge is 2.28. The number of nitrogens with one attached hydrogen (secondary N) is 1. The van der Waals surface area contributed by atoms with Crippen molar-refractivity contribution in [3.05, 3.63) is 24.0 Å². The molecule has 1 aliphatic carbocycles. The second-order valence-electron chi connectivity index (χ2n) is 8.95. The molecular weight excluding hydrogens is 424 g/mol. The standard InChI is InChI=1S/C24H38N4O3S/c1-6-27(7-2)32(30,31)19-12-13-22-21(16-19)25-23(28(22)8-3)14-15-24(29)26-20-11-9-10-17(4)18(20)5/h12-13,16-18,20H,6-11,14-15H2,1-5H3,(H,26,29). The lowest BCUT2D eigenvalue weighted by atomic mass is 9.78. The monoisotopic (exact) mass is 462 g/mol. The summed E-state index contributed by atoms with van der Waals surface area (Å²) in [5, 5.41) is 3.23. The van der Waals surface area contributed by atoms with Gasteiger partial charge in [-0.25, -0.2) is 13.4 Å². The van der Waals surface area contributed by atoms with Crippen LogP contribution in [0, 0.1) is 11.8 Å². The Bertz CT molecular complexity index is 1040. The van der Waals surface area contributed by atoms with E-state index in [2.05, 4.69) is 23.7 Å². The van der Waals surface area contributed by atoms with E-state index < -0.39 is 10.0 Å². The molecule has 3 atom stereocenters. The lowest BCUT2D eigenvalue weighted by Crippen LogP contribution is -2.43. The van der Waals surface area contributed by atoms with Crippen molar-refractivity contribution in [3.63, 3.8) is 0 Å². The van der Waals surface area contributed by atoms with Crippen LogP contribution in [0.1, 0.15) is 66.1 Å². The largest absolute Gasteiger partial charge is 0.353 e. The number of nitrogens with zero attached hydrogens (tertiary/aromatic N) is 3. The lowest BCUT2D eigenvalue weighted by Gasteiger charge is -2.34. The zero-order valence-electron chi connectivity index (χ0n) is 20.1. The maximum atomic E-state index is 12.9. The molecule has 32 heavy (non-hydrogen) atoms. The van der Waals surface area contributed by atoms with Crippen LogP contribution < -0.4 is 5.32 Å². The van der Waals surface area contributed by atoms with E-state index >= 15 is 0 Å². The normalized spacial score (nSPS) is 21.9. The molecule has 0 spiro atoms. The number of rotatable bonds is 9. The first kappa shape index (κ1) is 24.7. The molecule has 1 aromatic carbocycles. The summed E-state index contributed by atoms with van der Waals surface area (Å²) >= 11 is 0. The van der Waals surface area contributed by atoms with Crippen molar-refractivity contribution in [1.29, 1.82) is 0 Å². The van der Waals surface area contributed by atoms with Gasteiger partial charge in [-0.2, -0.15) is 4.31 Å². The number of benzene rings is 1. The van der Waals surface area contributed by atoms with Crippen molar-refractivity contribution in [2.75, 3.05) is 13.1 Å². The summed E-state index contributed by atoms with van der Waals surface area (Å²) < 4.78 is 29.3. The zero-order chi connectivity index (χ0) is 23.5. The molecule has 1 saturated carbocycles. The minimum Gasteiger partial charge on any atom is -0.353 e. The van der Waals surface area contributed by atoms with Crippen LogP contribution in [0.4, 0.5) is 0 Å². The van der Waals surface area contributed by atoms with E-state index in [1.54, 1.807) is 12.1 Å². The van der Waals surface area contributed by atoms with Crippen molar-refractivity contribution >= 4 is 27.0 Å². The summed E-state index contributed by atoms with van der Waals surface area (Å²) in [6, 6.07) is 5.40. The number of fused-ring (bicyclic) bond motifs is 1. The van der Waals surface area contributed by atoms with Gasteiger partial charge in [-0.1, -0.05) is 40.5 Å². The first-order valence-electron chi connectivity index (χ1n) is 12.0. The van der Waals surface area contributed by atoms with E-state index in [0.29, 0.717) is 49.8 Å². The van der Waals surface area contributed by atoms with Crippen LogP contribution in [0.5, 0.6) is 0 Å². The first-order valence-corrected chi connectivity index (χ1v) is 13.5. The Balaban J connectivity index is 1.76. The fourth-order valence-electron chi connectivity index (χ4n) is 4.87. The molecule has 0 radical (unpaired) electrons. The second-order valence-corrected chi connectivity index (χ2v) is 10.9. The highest BCUT2D eigenvalue weighted by molar-refractivity contribution is 7.89. The third-order valence-corrected chi connectivity index (χ3v) is 9.13. The molecular formula is C24H38N4O3S. The van der Waals surface area contributed by atoms with E-state index in [9.17, 15) is 13.2 Å². The third kappa shape index (κ3) is 5.01. The number of sulfonamides is 1. The third-order valence-electron chi connectivity index (χ3n) is 7.09. The van der Waals surface area contributed by atoms with E-state index in [4.69, 9.17) is 4.98 Å². The SMILES string of the molecule is CCN(CC)S(=O)(=O)c1ccc2c(c1)nc(CCC(=O)NC1CCCC(C)C1C)n2CC. The summed E-state index contributed by atoms with van der Waals surface area (Å²) in [5.74, 6) is 2.02. The summed E-state index contributed by atoms with van der Waals surface area (Å²) in [6.45, 7) is 11.8. The molecule has 2 aromatic rings. The fourth-order valence-corrected chi connectivity index (χ4v) is 6.34. The highest BCUT2D eigenvalue weighted by Crippen LogP contribution is 2.29. The molecule has 1 fully saturated rings. The predicted octanol–water partition coefficient (Wildman–Crippen LogP) is 3.96. The van der Waals surface area contributed by atoms with Crippen molar-refractivity contribution in [2.24, 2.45) is 11.8 Å². The summed E-state index contributed by atoms with van der Waals surface area (Å²) in [6.07, 6.45) is 4.37. The number of hydrogen-bond acceptors (Lipinski definition) is 4. The molecule has 7 nitrogen and oxygen atoms in total. The maximum absolute atomic E-state index is 12.9. The number of hydrogen-bond donors (Lipinski definition) is 1. The lowest BCUT2D eigenvalue weighted by molar-refractivity contribution is -0.122. The average Bonchev–Trinajstić information content (AvgIpc) is 3.13. The highest BCUT2D eigenvalue weighted by atomic mass is 32.2. The smallest absolute Gasteiger partial charge is 0.243 e. The number of carbonyl (C=O) groups excluding carboxylic acids is 1. The minimum atomic E-state index is -3.53. The van der Waals surface area contributed by atoms with Crippen LogP contribution in [0.25, 0.3) is 11.0 Å². The van der Waals surface area contributed by atoms with Gasteiger partial charge in [0.25, 0.3) is 0 Å². The molecule has 1 aliphatic rings. The van der Waals surface area contributed by atoms with E-state index in [1.807, 2.05) is 26.8 Å². The van der Waals surface area contributed by atoms with Gasteiger partial charge >= 0.3 is 0 Å². The molecule has 1 amide bonds. The van der Waals surface area contributed by atoms with Crippen LogP contribution >= 0.6 is 0 Å². The zero-order valence-corrected chi connectivity index (χ0v) is 20.9. The number of aryl methyl sites for hydroxylation is 2. The minimum absolute atomic E-state index is 0.0652. The Morgan fingerprint density at radius 3 is 2.56 bits per heavy atom. The fraction of sp³-hybridized carbons (Fsp3) is 0.667. The Kier molecular flexibility index (Phi) is 7.98. The van der Waals surface area contributed by atoms with Gasteiger partial charge in [-0.05, 0) is 43.4 Å². The molecule has 1 heterocycles. The van der Waals surface area contributed by atoms with Crippen LogP contribution in [-0.2, 0) is 27.8 Å². The quantitative estimate of drug-likeness (QED) is 0.611. The van der Waals surface area contributed by atoms with Crippen molar-refractivity contribution in [1.82, 2.24) is 19.2 Å². The van der Waals surface area contributed by atoms with E-state index in [0.717, 1.165) is 17.8 Å². The van der Waals surface area contributed by atoms with Gasteiger partial charge in [-0.3, -0.25) is 4.79 Å². The maximum Gasteiger partial charge on any atom is 0.243 e. The molecule has 1 aromatic heterocycles. The Hall–Kier alpha value is -1.93. The molecule has 1 N–H and O–H groups in total. The molecule has 0 aliphatic heterocycles. The molecule has 0 bridgehead atoms. The summed E-state index contributed by atoms with van der Waals surface area (Å²) in [5.41, 5.74) is 1.56. The molecule has 0 saturated heterocycles. The van der Waals surface area contributed by atoms with Gasteiger partial charge in [0, 0.05) is 38.5 Å². The topological polar surface area (TPSA) is 84.3 Å². The van der Waals surface area contributed by atoms with Crippen LogP contribution in [0.3, 0.4) is 0 Å². The van der Waals surface area contributed by atoms with Crippen LogP contribution in [-0.4, -0.2) is 47.3 Å². The van der Waals surface area contributed by atoms with Crippen LogP contribution in [0.2, 0.25) is 0 Å². The predicted molar refractivity (Wildman–Crippen MR) is 128 cm³/mol. The number of aromatic nitrogens is 2. The van der Waals surface area contributed by atoms with Crippen molar-refractivity contribution in [2.45, 2.75) is 84.2 Å². The molecule has 8 heteroatoms. The summed E-state index contributed by atoms with van der Waals surface area (Å²) in [7, 11) is -3.53. The van der Waals surface area contributed by atoms with Gasteiger partial charge < -0.3 is 9.88 Å². The van der Waals surface area contributed by atoms with E-state index in [-0.39, 0.29) is 16.8 Å². The van der Waals surface area contributed by atoms with Gasteiger partial charge in [0.1, 0.15) is 5.82 Å². The van der Waals surface area contributed by atoms with Crippen molar-refractivity contribution in [3.8, 4) is 0 Å². The Morgan fingerprint density at radius 2 is 1.91 bits per heavy atom. The van der Waals surface area contributed by atoms with Gasteiger partial charge in [0.2, 0.25) is 15.9 Å². The molecule has 3 rings (SSSR count). The Labute approximate surface area is 192 Å². The number of imidazole rings is 1. The molecule has 178 valence electrons. The van der Waals surface area contributed by atoms with E-state index in [1.165, 1.54) is 17.1 Å². The average molecular weight is 463 g/mol. The van der Waals surface area contributed by atoms with Crippen molar-refractivity contribution < 1.29 is 13.2 Å². The van der Waals surface area contributed by atoms with Gasteiger partial charge in [-0.15, -0.1) is 0 Å². The number of amides is 1. The Morgan fingerprint density at radius 1 is 1.19 bits per heavy atom. The van der Waals surface area contributed by atoms with Gasteiger partial charge in [0.15, 0.2) is 0 Å². The summed E-state index contributed by atoms with van der Waals surface area (Å²) in [4.78, 5) is 17.6. The first-order chi connectivity index (χ1) is 15.2. The van der Waals surface area contributed by atoms with Gasteiger partial charge in [0.05, 0.1) is 15.9 Å². The number of carbonyl (C=O) groups is 1. The van der Waals surface area contributed by atoms with Crippen LogP contribution in [0.15, 0.2) is 23.1 Å². The molecule has 3 unspecified atom stereocenters.